The van der Waals surface area contributed by atoms with Crippen LogP contribution < -0.4 is 26.4 Å². The lowest BCUT2D eigenvalue weighted by molar-refractivity contribution is -0.121. The van der Waals surface area contributed by atoms with E-state index in [0.717, 1.165) is 11.3 Å². The van der Waals surface area contributed by atoms with Crippen molar-refractivity contribution in [3.8, 4) is 5.75 Å². The van der Waals surface area contributed by atoms with Gasteiger partial charge in [-0.1, -0.05) is 36.4 Å². The number of hydrogen-bond donors (Lipinski definition) is 4. The van der Waals surface area contributed by atoms with Gasteiger partial charge in [0, 0.05) is 49.7 Å². The van der Waals surface area contributed by atoms with Crippen molar-refractivity contribution < 1.29 is 14.3 Å². The van der Waals surface area contributed by atoms with Crippen LogP contribution in [-0.4, -0.2) is 31.7 Å². The van der Waals surface area contributed by atoms with E-state index in [1.807, 2.05) is 37.4 Å². The van der Waals surface area contributed by atoms with Gasteiger partial charge in [-0.05, 0) is 24.1 Å². The SMILES string of the molecule is Cn1cc(Nc2ncc(CNC(=O)CCc3ccccc3)c(Nc3cccc(OC(N)=O)c3)n2)cn1. The number of nitrogens with one attached hydrogen (secondary N) is 3. The second kappa shape index (κ2) is 11.5. The van der Waals surface area contributed by atoms with Gasteiger partial charge in [-0.3, -0.25) is 9.48 Å². The van der Waals surface area contributed by atoms with E-state index >= 15 is 0 Å². The van der Waals surface area contributed by atoms with Crippen molar-refractivity contribution in [2.75, 3.05) is 10.6 Å². The molecule has 0 saturated heterocycles. The fourth-order valence-corrected chi connectivity index (χ4v) is 3.39. The third kappa shape index (κ3) is 7.03. The zero-order valence-corrected chi connectivity index (χ0v) is 19.6. The summed E-state index contributed by atoms with van der Waals surface area (Å²) in [6, 6.07) is 16.6. The van der Waals surface area contributed by atoms with E-state index < -0.39 is 6.09 Å². The molecule has 0 atom stereocenters. The van der Waals surface area contributed by atoms with E-state index in [4.69, 9.17) is 10.5 Å². The van der Waals surface area contributed by atoms with Crippen LogP contribution in [0.25, 0.3) is 0 Å². The van der Waals surface area contributed by atoms with Crippen LogP contribution in [0.3, 0.4) is 0 Å². The zero-order valence-electron chi connectivity index (χ0n) is 19.6. The molecule has 2 aromatic heterocycles. The number of aryl methyl sites for hydroxylation is 2. The van der Waals surface area contributed by atoms with Crippen molar-refractivity contribution in [3.63, 3.8) is 0 Å². The Hall–Kier alpha value is -4.93. The Morgan fingerprint density at radius 3 is 2.61 bits per heavy atom. The maximum Gasteiger partial charge on any atom is 0.409 e. The Labute approximate surface area is 207 Å². The fourth-order valence-electron chi connectivity index (χ4n) is 3.39. The molecule has 0 aliphatic rings. The highest BCUT2D eigenvalue weighted by Gasteiger charge is 2.12. The van der Waals surface area contributed by atoms with E-state index in [2.05, 4.69) is 31.0 Å². The Morgan fingerprint density at radius 1 is 1.03 bits per heavy atom. The molecule has 0 unspecified atom stereocenters. The van der Waals surface area contributed by atoms with Gasteiger partial charge in [-0.25, -0.2) is 9.78 Å². The predicted molar refractivity (Wildman–Crippen MR) is 135 cm³/mol. The number of benzene rings is 2. The van der Waals surface area contributed by atoms with Crippen LogP contribution in [0.5, 0.6) is 5.75 Å². The van der Waals surface area contributed by atoms with Crippen LogP contribution in [0.2, 0.25) is 0 Å². The lowest BCUT2D eigenvalue weighted by Gasteiger charge is -2.14. The lowest BCUT2D eigenvalue weighted by Crippen LogP contribution is -2.24. The molecule has 36 heavy (non-hydrogen) atoms. The molecule has 0 spiro atoms. The first-order valence-electron chi connectivity index (χ1n) is 11.2. The number of nitrogens with zero attached hydrogens (tertiary/aromatic N) is 4. The Morgan fingerprint density at radius 2 is 1.86 bits per heavy atom. The molecular weight excluding hydrogens is 460 g/mol. The van der Waals surface area contributed by atoms with Gasteiger partial charge in [0.2, 0.25) is 11.9 Å². The summed E-state index contributed by atoms with van der Waals surface area (Å²) >= 11 is 0. The molecule has 0 aliphatic carbocycles. The van der Waals surface area contributed by atoms with Crippen molar-refractivity contribution in [2.45, 2.75) is 19.4 Å². The third-order valence-electron chi connectivity index (χ3n) is 5.10. The standard InChI is InChI=1S/C25H26N8O3/c1-33-16-20(15-29-33)31-25-28-14-18(13-27-22(34)11-10-17-6-3-2-4-7-17)23(32-25)30-19-8-5-9-21(12-19)36-24(26)35/h2-9,12,14-16H,10-11,13H2,1H3,(H2,26,35)(H,27,34)(H2,28,30,31,32). The molecule has 2 aromatic carbocycles. The van der Waals surface area contributed by atoms with Crippen molar-refractivity contribution >= 4 is 35.1 Å². The number of hydrogen-bond acceptors (Lipinski definition) is 8. The van der Waals surface area contributed by atoms with Crippen molar-refractivity contribution in [2.24, 2.45) is 12.8 Å². The Balaban J connectivity index is 1.49. The van der Waals surface area contributed by atoms with Crippen molar-refractivity contribution in [1.82, 2.24) is 25.1 Å². The van der Waals surface area contributed by atoms with Crippen LogP contribution in [0.15, 0.2) is 73.2 Å². The summed E-state index contributed by atoms with van der Waals surface area (Å²) in [5.74, 6) is 1.01. The minimum absolute atomic E-state index is 0.0841. The first kappa shape index (κ1) is 24.2. The summed E-state index contributed by atoms with van der Waals surface area (Å²) in [7, 11) is 1.81. The fraction of sp³-hybridized carbons (Fsp3) is 0.160. The van der Waals surface area contributed by atoms with Gasteiger partial charge in [-0.15, -0.1) is 0 Å². The Kier molecular flexibility index (Phi) is 7.71. The number of rotatable bonds is 10. The van der Waals surface area contributed by atoms with Gasteiger partial charge >= 0.3 is 6.09 Å². The second-order valence-corrected chi connectivity index (χ2v) is 7.93. The molecule has 11 heteroatoms. The van der Waals surface area contributed by atoms with E-state index in [1.165, 1.54) is 0 Å². The van der Waals surface area contributed by atoms with Crippen LogP contribution >= 0.6 is 0 Å². The predicted octanol–water partition coefficient (Wildman–Crippen LogP) is 3.40. The Bertz CT molecular complexity index is 1340. The normalized spacial score (nSPS) is 10.5. The average molecular weight is 487 g/mol. The topological polar surface area (TPSA) is 149 Å². The average Bonchev–Trinajstić information content (AvgIpc) is 3.27. The van der Waals surface area contributed by atoms with Crippen LogP contribution in [0.4, 0.5) is 27.9 Å². The molecular formula is C25H26N8O3. The highest BCUT2D eigenvalue weighted by molar-refractivity contribution is 5.76. The molecule has 11 nitrogen and oxygen atoms in total. The summed E-state index contributed by atoms with van der Waals surface area (Å²) in [4.78, 5) is 32.5. The van der Waals surface area contributed by atoms with Crippen LogP contribution in [0.1, 0.15) is 17.5 Å². The van der Waals surface area contributed by atoms with Crippen molar-refractivity contribution in [3.05, 3.63) is 84.3 Å². The van der Waals surface area contributed by atoms with Gasteiger partial charge in [-0.2, -0.15) is 10.1 Å². The molecule has 0 fully saturated rings. The number of aromatic nitrogens is 4. The first-order valence-corrected chi connectivity index (χ1v) is 11.2. The number of carbonyl (C=O) groups excluding carboxylic acids is 2. The number of carbonyl (C=O) groups is 2. The second-order valence-electron chi connectivity index (χ2n) is 7.93. The van der Waals surface area contributed by atoms with Crippen LogP contribution in [0, 0.1) is 0 Å². The monoisotopic (exact) mass is 486 g/mol. The lowest BCUT2D eigenvalue weighted by atomic mass is 10.1. The number of amides is 2. The summed E-state index contributed by atoms with van der Waals surface area (Å²) < 4.78 is 6.62. The molecule has 4 rings (SSSR count). The first-order chi connectivity index (χ1) is 17.4. The molecule has 2 amide bonds. The summed E-state index contributed by atoms with van der Waals surface area (Å²) in [5.41, 5.74) is 8.22. The van der Waals surface area contributed by atoms with Crippen LogP contribution in [-0.2, 0) is 24.8 Å². The number of anilines is 4. The quantitative estimate of drug-likeness (QED) is 0.266. The van der Waals surface area contributed by atoms with E-state index in [-0.39, 0.29) is 18.2 Å². The van der Waals surface area contributed by atoms with E-state index in [9.17, 15) is 9.59 Å². The maximum atomic E-state index is 12.5. The largest absolute Gasteiger partial charge is 0.410 e. The highest BCUT2D eigenvalue weighted by Crippen LogP contribution is 2.24. The number of nitrogens with two attached hydrogens (primary N) is 1. The molecule has 0 saturated carbocycles. The van der Waals surface area contributed by atoms with E-state index in [0.29, 0.717) is 35.9 Å². The summed E-state index contributed by atoms with van der Waals surface area (Å²) in [5, 5.41) is 13.4. The molecule has 0 radical (unpaired) electrons. The van der Waals surface area contributed by atoms with Gasteiger partial charge in [0.05, 0.1) is 11.9 Å². The molecule has 184 valence electrons. The van der Waals surface area contributed by atoms with Gasteiger partial charge in [0.1, 0.15) is 11.6 Å². The van der Waals surface area contributed by atoms with Crippen molar-refractivity contribution in [1.29, 1.82) is 0 Å². The van der Waals surface area contributed by atoms with Gasteiger partial charge in [0.25, 0.3) is 0 Å². The molecule has 0 aliphatic heterocycles. The van der Waals surface area contributed by atoms with Gasteiger partial charge < -0.3 is 26.4 Å². The maximum absolute atomic E-state index is 12.5. The number of ether oxygens (including phenoxy) is 1. The zero-order chi connectivity index (χ0) is 25.3. The highest BCUT2D eigenvalue weighted by atomic mass is 16.5. The smallest absolute Gasteiger partial charge is 0.409 e. The molecule has 0 bridgehead atoms. The number of primary amides is 1. The third-order valence-corrected chi connectivity index (χ3v) is 5.10. The molecule has 4 aromatic rings. The van der Waals surface area contributed by atoms with Gasteiger partial charge in [0.15, 0.2) is 0 Å². The minimum Gasteiger partial charge on any atom is -0.410 e. The summed E-state index contributed by atoms with van der Waals surface area (Å²) in [6.07, 6.45) is 5.19. The van der Waals surface area contributed by atoms with E-state index in [1.54, 1.807) is 47.5 Å². The molecule has 5 N–H and O–H groups in total. The molecule has 2 heterocycles. The summed E-state index contributed by atoms with van der Waals surface area (Å²) in [6.45, 7) is 0.223. The minimum atomic E-state index is -0.906.